The van der Waals surface area contributed by atoms with Crippen LogP contribution in [0.25, 0.3) is 5.69 Å². The average Bonchev–Trinajstić information content (AvgIpc) is 3.42. The minimum Gasteiger partial charge on any atom is -0.353 e. The number of sulfonamides is 1. The predicted molar refractivity (Wildman–Crippen MR) is 161 cm³/mol. The van der Waals surface area contributed by atoms with Crippen LogP contribution in [-0.2, 0) is 32.0 Å². The lowest BCUT2D eigenvalue weighted by molar-refractivity contribution is 0.597. The number of primary sulfonamides is 1. The van der Waals surface area contributed by atoms with Gasteiger partial charge in [-0.3, -0.25) is 4.98 Å². The van der Waals surface area contributed by atoms with E-state index in [4.69, 9.17) is 10.1 Å². The molecule has 0 spiro atoms. The Morgan fingerprint density at radius 3 is 2.48 bits per heavy atom. The van der Waals surface area contributed by atoms with Crippen LogP contribution in [0.3, 0.4) is 0 Å². The van der Waals surface area contributed by atoms with E-state index in [-0.39, 0.29) is 10.6 Å². The molecule has 0 saturated heterocycles. The molecule has 0 fully saturated rings. The van der Waals surface area contributed by atoms with Crippen molar-refractivity contribution < 1.29 is 16.8 Å². The molecule has 12 heteroatoms. The van der Waals surface area contributed by atoms with Gasteiger partial charge < -0.3 is 9.88 Å². The summed E-state index contributed by atoms with van der Waals surface area (Å²) in [6.45, 7) is 5.99. The number of nitrogens with two attached hydrogens (primary N) is 1. The van der Waals surface area contributed by atoms with Gasteiger partial charge in [0.25, 0.3) is 0 Å². The summed E-state index contributed by atoms with van der Waals surface area (Å²) in [6.07, 6.45) is 3.46. The lowest BCUT2D eigenvalue weighted by Gasteiger charge is -2.16. The number of aromatic nitrogens is 2. The first-order chi connectivity index (χ1) is 18.7. The number of rotatable bonds is 7. The zero-order valence-electron chi connectivity index (χ0n) is 22.4. The summed E-state index contributed by atoms with van der Waals surface area (Å²) in [4.78, 5) is 9.57. The van der Waals surface area contributed by atoms with Gasteiger partial charge >= 0.3 is 0 Å². The maximum absolute atomic E-state index is 12.0. The fourth-order valence-electron chi connectivity index (χ4n) is 5.05. The molecule has 0 saturated carbocycles. The summed E-state index contributed by atoms with van der Waals surface area (Å²) in [5.41, 5.74) is 9.10. The number of hydrogen-bond acceptors (Lipinski definition) is 7. The van der Waals surface area contributed by atoms with E-state index < -0.39 is 19.9 Å². The van der Waals surface area contributed by atoms with Gasteiger partial charge in [-0.1, -0.05) is 18.2 Å². The van der Waals surface area contributed by atoms with Gasteiger partial charge in [0.15, 0.2) is 9.84 Å². The summed E-state index contributed by atoms with van der Waals surface area (Å²) in [7, 11) is -7.03. The molecule has 3 N–H and O–H groups in total. The topological polar surface area (TPSA) is 137 Å². The Balaban J connectivity index is 1.54. The standard InChI is InChI=1S/C28H28BrN5O4S2/c1-16-11-22(18(3)34(16)26-10-5-7-19(17(26)2)15-39(4,35)36)24-13-25-28(33-24)27(23(29)14-31-25)32-20-8-6-9-21(12-20)40(30,37)38/h5-12,14H,13,15H2,1-4H3,(H,31,32)(H2,30,37,38). The number of anilines is 2. The average molecular weight is 643 g/mol. The van der Waals surface area contributed by atoms with E-state index in [1.165, 1.54) is 18.4 Å². The highest BCUT2D eigenvalue weighted by Crippen LogP contribution is 2.41. The molecule has 0 aliphatic carbocycles. The van der Waals surface area contributed by atoms with Crippen LogP contribution >= 0.6 is 15.9 Å². The highest BCUT2D eigenvalue weighted by Gasteiger charge is 2.26. The van der Waals surface area contributed by atoms with Crippen molar-refractivity contribution in [3.8, 4) is 5.69 Å². The number of nitrogens with zero attached hydrogens (tertiary/aromatic N) is 3. The molecule has 0 bridgehead atoms. The van der Waals surface area contributed by atoms with Crippen LogP contribution in [0.5, 0.6) is 0 Å². The van der Waals surface area contributed by atoms with Crippen molar-refractivity contribution in [2.75, 3.05) is 11.6 Å². The first-order valence-electron chi connectivity index (χ1n) is 12.3. The number of sulfone groups is 1. The molecule has 4 aromatic rings. The number of hydrogen-bond donors (Lipinski definition) is 2. The maximum Gasteiger partial charge on any atom is 0.238 e. The molecule has 0 amide bonds. The molecule has 0 radical (unpaired) electrons. The molecule has 2 aromatic carbocycles. The van der Waals surface area contributed by atoms with E-state index in [9.17, 15) is 16.8 Å². The van der Waals surface area contributed by atoms with Crippen molar-refractivity contribution in [1.82, 2.24) is 9.55 Å². The lowest BCUT2D eigenvalue weighted by atomic mass is 10.1. The Kier molecular flexibility index (Phi) is 7.24. The van der Waals surface area contributed by atoms with E-state index in [2.05, 4.69) is 36.9 Å². The zero-order chi connectivity index (χ0) is 29.0. The minimum absolute atomic E-state index is 0.00635. The van der Waals surface area contributed by atoms with Gasteiger partial charge in [-0.2, -0.15) is 0 Å². The second kappa shape index (κ2) is 10.3. The van der Waals surface area contributed by atoms with Crippen LogP contribution in [0.2, 0.25) is 0 Å². The summed E-state index contributed by atoms with van der Waals surface area (Å²) < 4.78 is 50.4. The van der Waals surface area contributed by atoms with Crippen LogP contribution in [0.1, 0.15) is 33.8 Å². The first kappa shape index (κ1) is 28.2. The zero-order valence-corrected chi connectivity index (χ0v) is 25.6. The molecule has 0 atom stereocenters. The molecular formula is C28H28BrN5O4S2. The molecule has 1 aliphatic rings. The summed E-state index contributed by atoms with van der Waals surface area (Å²) in [5.74, 6) is -0.0165. The van der Waals surface area contributed by atoms with Crippen LogP contribution in [0, 0.1) is 20.8 Å². The van der Waals surface area contributed by atoms with Gasteiger partial charge in [-0.15, -0.1) is 0 Å². The highest BCUT2D eigenvalue weighted by atomic mass is 79.9. The molecule has 1 aliphatic heterocycles. The van der Waals surface area contributed by atoms with E-state index in [0.29, 0.717) is 28.0 Å². The van der Waals surface area contributed by atoms with E-state index >= 15 is 0 Å². The van der Waals surface area contributed by atoms with Gasteiger partial charge in [-0.05, 0) is 78.2 Å². The number of halogens is 1. The van der Waals surface area contributed by atoms with Crippen molar-refractivity contribution >= 4 is 58.6 Å². The fraction of sp³-hybridized carbons (Fsp3) is 0.214. The number of fused-ring (bicyclic) bond motifs is 1. The van der Waals surface area contributed by atoms with Crippen LogP contribution in [0.4, 0.5) is 17.1 Å². The maximum atomic E-state index is 12.0. The van der Waals surface area contributed by atoms with E-state index in [1.807, 2.05) is 39.0 Å². The summed E-state index contributed by atoms with van der Waals surface area (Å²) in [6, 6.07) is 14.1. The van der Waals surface area contributed by atoms with Crippen molar-refractivity contribution in [2.45, 2.75) is 37.8 Å². The molecule has 5 rings (SSSR count). The van der Waals surface area contributed by atoms with Crippen molar-refractivity contribution in [2.24, 2.45) is 10.1 Å². The van der Waals surface area contributed by atoms with Crippen LogP contribution < -0.4 is 10.5 Å². The van der Waals surface area contributed by atoms with Crippen LogP contribution in [-0.4, -0.2) is 38.4 Å². The van der Waals surface area contributed by atoms with Gasteiger partial charge in [0.2, 0.25) is 10.0 Å². The Bertz CT molecular complexity index is 1930. The lowest BCUT2D eigenvalue weighted by Crippen LogP contribution is -2.12. The highest BCUT2D eigenvalue weighted by molar-refractivity contribution is 9.10. The van der Waals surface area contributed by atoms with E-state index in [1.54, 1.807) is 18.3 Å². The van der Waals surface area contributed by atoms with Gasteiger partial charge in [-0.25, -0.2) is 27.0 Å². The SMILES string of the molecule is Cc1c(CS(C)(=O)=O)cccc1-n1c(C)cc(C2=Nc3c(ncc(Br)c3Nc3cccc(S(N)(=O)=O)c3)C2)c1C. The molecular weight excluding hydrogens is 614 g/mol. The third-order valence-electron chi connectivity index (χ3n) is 6.91. The molecule has 3 heterocycles. The molecule has 9 nitrogen and oxygen atoms in total. The Labute approximate surface area is 242 Å². The second-order valence-corrected chi connectivity index (χ2v) is 14.5. The predicted octanol–water partition coefficient (Wildman–Crippen LogP) is 5.17. The summed E-state index contributed by atoms with van der Waals surface area (Å²) >= 11 is 3.55. The third-order valence-corrected chi connectivity index (χ3v) is 9.26. The summed E-state index contributed by atoms with van der Waals surface area (Å²) in [5, 5.41) is 8.59. The fourth-order valence-corrected chi connectivity index (χ4v) is 6.87. The first-order valence-corrected chi connectivity index (χ1v) is 16.7. The van der Waals surface area contributed by atoms with Gasteiger partial charge in [0.1, 0.15) is 5.69 Å². The molecule has 2 aromatic heterocycles. The van der Waals surface area contributed by atoms with Gasteiger partial charge in [0.05, 0.1) is 32.2 Å². The third kappa shape index (κ3) is 5.49. The van der Waals surface area contributed by atoms with Crippen molar-refractivity contribution in [1.29, 1.82) is 0 Å². The number of aliphatic imine (C=N–C) groups is 1. The Morgan fingerprint density at radius 2 is 1.77 bits per heavy atom. The normalized spacial score (nSPS) is 13.3. The number of benzene rings is 2. The monoisotopic (exact) mass is 641 g/mol. The number of nitrogens with one attached hydrogen (secondary N) is 1. The largest absolute Gasteiger partial charge is 0.353 e. The van der Waals surface area contributed by atoms with Gasteiger partial charge in [0, 0.05) is 47.2 Å². The van der Waals surface area contributed by atoms with Crippen LogP contribution in [0.15, 0.2) is 69.1 Å². The Hall–Kier alpha value is -3.32. The van der Waals surface area contributed by atoms with E-state index in [0.717, 1.165) is 45.2 Å². The van der Waals surface area contributed by atoms with Crippen molar-refractivity contribution in [3.63, 3.8) is 0 Å². The molecule has 208 valence electrons. The Morgan fingerprint density at radius 1 is 1.05 bits per heavy atom. The number of pyridine rings is 1. The van der Waals surface area contributed by atoms with Crippen molar-refractivity contribution in [3.05, 3.63) is 93.0 Å². The molecule has 40 heavy (non-hydrogen) atoms. The molecule has 0 unspecified atom stereocenters. The minimum atomic E-state index is -3.85. The number of aryl methyl sites for hydroxylation is 1. The smallest absolute Gasteiger partial charge is 0.238 e. The second-order valence-electron chi connectivity index (χ2n) is 9.96. The quantitative estimate of drug-likeness (QED) is 0.286.